The summed E-state index contributed by atoms with van der Waals surface area (Å²) in [6.07, 6.45) is 4.94. The van der Waals surface area contributed by atoms with Gasteiger partial charge in [0.2, 0.25) is 0 Å². The first-order chi connectivity index (χ1) is 10.2. The van der Waals surface area contributed by atoms with Crippen LogP contribution in [-0.2, 0) is 20.6 Å². The maximum absolute atomic E-state index is 11.4. The van der Waals surface area contributed by atoms with Gasteiger partial charge >= 0.3 is 5.97 Å². The maximum atomic E-state index is 11.4. The van der Waals surface area contributed by atoms with Gasteiger partial charge in [-0.15, -0.1) is 0 Å². The van der Waals surface area contributed by atoms with E-state index in [0.29, 0.717) is 17.9 Å². The van der Waals surface area contributed by atoms with Crippen LogP contribution in [0, 0.1) is 0 Å². The topological polar surface area (TPSA) is 70.8 Å². The van der Waals surface area contributed by atoms with Crippen LogP contribution >= 0.6 is 0 Å². The molecule has 5 heteroatoms. The lowest BCUT2D eigenvalue weighted by Gasteiger charge is -2.22. The summed E-state index contributed by atoms with van der Waals surface area (Å²) in [5.74, 6) is -0.369. The molecule has 1 atom stereocenters. The van der Waals surface area contributed by atoms with Crippen molar-refractivity contribution >= 4 is 11.7 Å². The first-order valence-electron chi connectivity index (χ1n) is 7.40. The van der Waals surface area contributed by atoms with Crippen LogP contribution in [0.25, 0.3) is 0 Å². The third-order valence-corrected chi connectivity index (χ3v) is 3.60. The molecule has 2 rings (SSSR count). The molecule has 1 aromatic rings. The van der Waals surface area contributed by atoms with Gasteiger partial charge in [0.05, 0.1) is 19.3 Å². The smallest absolute Gasteiger partial charge is 0.337 e. The van der Waals surface area contributed by atoms with Crippen LogP contribution in [0.5, 0.6) is 0 Å². The number of hydrogen-bond acceptors (Lipinski definition) is 5. The highest BCUT2D eigenvalue weighted by Crippen LogP contribution is 2.18. The standard InChI is InChI=1S/C16H23NO4/c1-19-16(18)13-8-7-12(14(17)11-13)5-4-10-21-15-6-2-3-9-20-15/h7-8,11,15H,2-6,9-10,17H2,1H3. The molecule has 0 amide bonds. The van der Waals surface area contributed by atoms with Gasteiger partial charge in [0.1, 0.15) is 0 Å². The Morgan fingerprint density at radius 1 is 1.43 bits per heavy atom. The van der Waals surface area contributed by atoms with Gasteiger partial charge in [-0.2, -0.15) is 0 Å². The van der Waals surface area contributed by atoms with E-state index in [0.717, 1.165) is 37.9 Å². The molecule has 0 aromatic heterocycles. The molecule has 1 aromatic carbocycles. The number of nitrogens with two attached hydrogens (primary N) is 1. The van der Waals surface area contributed by atoms with Crippen LogP contribution in [0.3, 0.4) is 0 Å². The Labute approximate surface area is 125 Å². The average molecular weight is 293 g/mol. The molecule has 0 saturated carbocycles. The Bertz CT molecular complexity index is 469. The molecule has 1 fully saturated rings. The van der Waals surface area contributed by atoms with Crippen LogP contribution in [0.4, 0.5) is 5.69 Å². The number of ether oxygens (including phenoxy) is 3. The molecule has 1 heterocycles. The van der Waals surface area contributed by atoms with Crippen LogP contribution < -0.4 is 5.73 Å². The fraction of sp³-hybridized carbons (Fsp3) is 0.562. The molecule has 0 bridgehead atoms. The summed E-state index contributed by atoms with van der Waals surface area (Å²) in [6, 6.07) is 5.27. The van der Waals surface area contributed by atoms with Crippen LogP contribution in [0.1, 0.15) is 41.6 Å². The molecule has 1 aliphatic heterocycles. The molecular weight excluding hydrogens is 270 g/mol. The molecule has 1 unspecified atom stereocenters. The molecule has 21 heavy (non-hydrogen) atoms. The summed E-state index contributed by atoms with van der Waals surface area (Å²) in [7, 11) is 1.36. The number of aryl methyl sites for hydroxylation is 1. The Balaban J connectivity index is 1.76. The Hall–Kier alpha value is -1.59. The predicted molar refractivity (Wildman–Crippen MR) is 80.1 cm³/mol. The number of nitrogen functional groups attached to an aromatic ring is 1. The second kappa shape index (κ2) is 8.00. The minimum atomic E-state index is -0.369. The Morgan fingerprint density at radius 2 is 2.29 bits per heavy atom. The summed E-state index contributed by atoms with van der Waals surface area (Å²) in [5.41, 5.74) is 8.08. The van der Waals surface area contributed by atoms with Crippen LogP contribution in [0.2, 0.25) is 0 Å². The molecular formula is C16H23NO4. The number of methoxy groups -OCH3 is 1. The van der Waals surface area contributed by atoms with E-state index >= 15 is 0 Å². The summed E-state index contributed by atoms with van der Waals surface area (Å²) in [4.78, 5) is 11.4. The van der Waals surface area contributed by atoms with Gasteiger partial charge in [-0.05, 0) is 49.8 Å². The molecule has 1 saturated heterocycles. The number of carbonyl (C=O) groups excluding carboxylic acids is 1. The van der Waals surface area contributed by atoms with E-state index in [-0.39, 0.29) is 12.3 Å². The number of anilines is 1. The lowest BCUT2D eigenvalue weighted by Crippen LogP contribution is -2.22. The number of esters is 1. The third-order valence-electron chi connectivity index (χ3n) is 3.60. The summed E-state index contributed by atoms with van der Waals surface area (Å²) >= 11 is 0. The maximum Gasteiger partial charge on any atom is 0.337 e. The van der Waals surface area contributed by atoms with Gasteiger partial charge < -0.3 is 19.9 Å². The van der Waals surface area contributed by atoms with E-state index in [1.807, 2.05) is 6.07 Å². The zero-order valence-electron chi connectivity index (χ0n) is 12.5. The Morgan fingerprint density at radius 3 is 2.95 bits per heavy atom. The number of rotatable bonds is 6. The molecule has 0 spiro atoms. The van der Waals surface area contributed by atoms with E-state index in [2.05, 4.69) is 4.74 Å². The molecule has 116 valence electrons. The normalized spacial score (nSPS) is 18.4. The molecule has 0 aliphatic carbocycles. The lowest BCUT2D eigenvalue weighted by molar-refractivity contribution is -0.162. The number of benzene rings is 1. The largest absolute Gasteiger partial charge is 0.465 e. The highest BCUT2D eigenvalue weighted by Gasteiger charge is 2.13. The third kappa shape index (κ3) is 4.72. The quantitative estimate of drug-likeness (QED) is 0.496. The first kappa shape index (κ1) is 15.8. The van der Waals surface area contributed by atoms with Crippen molar-refractivity contribution in [2.75, 3.05) is 26.1 Å². The predicted octanol–water partition coefficient (Wildman–Crippen LogP) is 2.53. The van der Waals surface area contributed by atoms with Crippen LogP contribution in [0.15, 0.2) is 18.2 Å². The zero-order valence-corrected chi connectivity index (χ0v) is 12.5. The van der Waals surface area contributed by atoms with Gasteiger partial charge in [0.25, 0.3) is 0 Å². The fourth-order valence-corrected chi connectivity index (χ4v) is 2.39. The molecule has 2 N–H and O–H groups in total. The van der Waals surface area contributed by atoms with E-state index in [9.17, 15) is 4.79 Å². The number of hydrogen-bond donors (Lipinski definition) is 1. The summed E-state index contributed by atoms with van der Waals surface area (Å²) < 4.78 is 15.9. The van der Waals surface area contributed by atoms with Crippen molar-refractivity contribution in [2.45, 2.75) is 38.4 Å². The zero-order chi connectivity index (χ0) is 15.1. The van der Waals surface area contributed by atoms with E-state index < -0.39 is 0 Å². The SMILES string of the molecule is COC(=O)c1ccc(CCCOC2CCCCO2)c(N)c1. The van der Waals surface area contributed by atoms with Gasteiger partial charge in [0.15, 0.2) is 6.29 Å². The van der Waals surface area contributed by atoms with Crippen molar-refractivity contribution in [3.63, 3.8) is 0 Å². The monoisotopic (exact) mass is 293 g/mol. The van der Waals surface area contributed by atoms with E-state index in [4.69, 9.17) is 15.2 Å². The number of carbonyl (C=O) groups is 1. The van der Waals surface area contributed by atoms with Gasteiger partial charge in [-0.1, -0.05) is 6.07 Å². The Kier molecular flexibility index (Phi) is 6.02. The fourth-order valence-electron chi connectivity index (χ4n) is 2.39. The molecule has 1 aliphatic rings. The highest BCUT2D eigenvalue weighted by molar-refractivity contribution is 5.90. The van der Waals surface area contributed by atoms with Crippen molar-refractivity contribution in [3.05, 3.63) is 29.3 Å². The van der Waals surface area contributed by atoms with E-state index in [1.165, 1.54) is 13.5 Å². The second-order valence-corrected chi connectivity index (χ2v) is 5.18. The van der Waals surface area contributed by atoms with Crippen molar-refractivity contribution in [1.82, 2.24) is 0 Å². The highest BCUT2D eigenvalue weighted by atomic mass is 16.7. The average Bonchev–Trinajstić information content (AvgIpc) is 2.53. The lowest BCUT2D eigenvalue weighted by atomic mass is 10.1. The minimum absolute atomic E-state index is 0.0437. The second-order valence-electron chi connectivity index (χ2n) is 5.18. The van der Waals surface area contributed by atoms with Crippen molar-refractivity contribution in [1.29, 1.82) is 0 Å². The molecule has 0 radical (unpaired) electrons. The summed E-state index contributed by atoms with van der Waals surface area (Å²) in [6.45, 7) is 1.45. The minimum Gasteiger partial charge on any atom is -0.465 e. The van der Waals surface area contributed by atoms with Crippen LogP contribution in [-0.4, -0.2) is 32.6 Å². The molecule has 5 nitrogen and oxygen atoms in total. The van der Waals surface area contributed by atoms with Crippen molar-refractivity contribution < 1.29 is 19.0 Å². The van der Waals surface area contributed by atoms with Gasteiger partial charge in [-0.25, -0.2) is 4.79 Å². The first-order valence-corrected chi connectivity index (χ1v) is 7.40. The van der Waals surface area contributed by atoms with Gasteiger partial charge in [-0.3, -0.25) is 0 Å². The van der Waals surface area contributed by atoms with Crippen molar-refractivity contribution in [2.24, 2.45) is 0 Å². The van der Waals surface area contributed by atoms with E-state index in [1.54, 1.807) is 12.1 Å². The van der Waals surface area contributed by atoms with Crippen molar-refractivity contribution in [3.8, 4) is 0 Å². The summed E-state index contributed by atoms with van der Waals surface area (Å²) in [5, 5.41) is 0. The van der Waals surface area contributed by atoms with Gasteiger partial charge in [0, 0.05) is 12.3 Å².